The first-order valence-corrected chi connectivity index (χ1v) is 11.2. The maximum Gasteiger partial charge on any atom is 0.258 e. The van der Waals surface area contributed by atoms with Crippen molar-refractivity contribution in [2.24, 2.45) is 4.99 Å². The van der Waals surface area contributed by atoms with E-state index in [0.717, 1.165) is 22.3 Å². The zero-order valence-electron chi connectivity index (χ0n) is 15.7. The van der Waals surface area contributed by atoms with Crippen LogP contribution in [0.15, 0.2) is 53.5 Å². The highest BCUT2D eigenvalue weighted by Crippen LogP contribution is 2.28. The zero-order chi connectivity index (χ0) is 20.2. The summed E-state index contributed by atoms with van der Waals surface area (Å²) in [6, 6.07) is 15.8. The average Bonchev–Trinajstić information content (AvgIpc) is 3.30. The van der Waals surface area contributed by atoms with Crippen molar-refractivity contribution in [2.45, 2.75) is 13.0 Å². The third-order valence-electron chi connectivity index (χ3n) is 4.70. The van der Waals surface area contributed by atoms with Gasteiger partial charge in [-0.05, 0) is 30.2 Å². The molecule has 2 amide bonds. The standard InChI is InChI=1S/C22H19N3O2S2/c1-2-12-25-18-9-5-6-10-19(18)29-22(25)23-20(26)14-28-15-21(27)24-13-11-16-7-3-4-8-17(16)24/h1,3-10H,11-15H2. The molecule has 0 fully saturated rings. The van der Waals surface area contributed by atoms with E-state index in [1.807, 2.05) is 47.0 Å². The molecular formula is C22H19N3O2S2. The lowest BCUT2D eigenvalue weighted by Gasteiger charge is -2.16. The average molecular weight is 422 g/mol. The lowest BCUT2D eigenvalue weighted by Crippen LogP contribution is -2.30. The molecular weight excluding hydrogens is 402 g/mol. The number of carbonyl (C=O) groups excluding carboxylic acids is 2. The predicted octanol–water partition coefficient (Wildman–Crippen LogP) is 3.09. The summed E-state index contributed by atoms with van der Waals surface area (Å²) in [4.78, 5) is 31.6. The van der Waals surface area contributed by atoms with Gasteiger partial charge in [-0.15, -0.1) is 18.2 Å². The van der Waals surface area contributed by atoms with Gasteiger partial charge in [-0.3, -0.25) is 9.59 Å². The molecule has 0 radical (unpaired) electrons. The fourth-order valence-electron chi connectivity index (χ4n) is 3.39. The number of carbonyl (C=O) groups is 2. The molecule has 1 aromatic heterocycles. The summed E-state index contributed by atoms with van der Waals surface area (Å²) in [5, 5.41) is 0. The number of anilines is 1. The van der Waals surface area contributed by atoms with Crippen molar-refractivity contribution in [3.63, 3.8) is 0 Å². The number of fused-ring (bicyclic) bond motifs is 2. The quantitative estimate of drug-likeness (QED) is 0.595. The maximum atomic E-state index is 12.5. The van der Waals surface area contributed by atoms with Crippen molar-refractivity contribution < 1.29 is 9.59 Å². The minimum absolute atomic E-state index is 0.0250. The van der Waals surface area contributed by atoms with E-state index in [1.165, 1.54) is 28.7 Å². The minimum atomic E-state index is -0.262. The van der Waals surface area contributed by atoms with Crippen LogP contribution in [0.25, 0.3) is 10.2 Å². The van der Waals surface area contributed by atoms with Crippen molar-refractivity contribution in [3.05, 3.63) is 58.9 Å². The van der Waals surface area contributed by atoms with Crippen LogP contribution in [0.3, 0.4) is 0 Å². The Morgan fingerprint density at radius 1 is 1.14 bits per heavy atom. The second-order valence-corrected chi connectivity index (χ2v) is 8.56. The minimum Gasteiger partial charge on any atom is -0.311 e. The molecule has 146 valence electrons. The first-order valence-electron chi connectivity index (χ1n) is 9.23. The third-order valence-corrected chi connectivity index (χ3v) is 6.66. The Bertz CT molecular complexity index is 1190. The summed E-state index contributed by atoms with van der Waals surface area (Å²) in [6.07, 6.45) is 6.36. The van der Waals surface area contributed by atoms with Crippen molar-refractivity contribution >= 4 is 50.8 Å². The molecule has 0 saturated carbocycles. The van der Waals surface area contributed by atoms with E-state index in [2.05, 4.69) is 17.0 Å². The summed E-state index contributed by atoms with van der Waals surface area (Å²) in [6.45, 7) is 1.06. The molecule has 5 nitrogen and oxygen atoms in total. The molecule has 0 spiro atoms. The number of aromatic nitrogens is 1. The van der Waals surface area contributed by atoms with Gasteiger partial charge in [0, 0.05) is 12.2 Å². The number of thiazole rings is 1. The van der Waals surface area contributed by atoms with E-state index < -0.39 is 0 Å². The Hall–Kier alpha value is -2.82. The van der Waals surface area contributed by atoms with Gasteiger partial charge in [0.1, 0.15) is 0 Å². The van der Waals surface area contributed by atoms with Gasteiger partial charge >= 0.3 is 0 Å². The smallest absolute Gasteiger partial charge is 0.258 e. The molecule has 1 aliphatic heterocycles. The van der Waals surface area contributed by atoms with Crippen LogP contribution in [0.1, 0.15) is 5.56 Å². The largest absolute Gasteiger partial charge is 0.311 e. The predicted molar refractivity (Wildman–Crippen MR) is 119 cm³/mol. The van der Waals surface area contributed by atoms with E-state index in [-0.39, 0.29) is 23.3 Å². The maximum absolute atomic E-state index is 12.5. The number of para-hydroxylation sites is 2. The van der Waals surface area contributed by atoms with Crippen molar-refractivity contribution in [2.75, 3.05) is 23.0 Å². The topological polar surface area (TPSA) is 54.7 Å². The van der Waals surface area contributed by atoms with Crippen molar-refractivity contribution in [1.82, 2.24) is 4.57 Å². The summed E-state index contributed by atoms with van der Waals surface area (Å²) in [5.74, 6) is 2.79. The summed E-state index contributed by atoms with van der Waals surface area (Å²) in [7, 11) is 0. The van der Waals surface area contributed by atoms with Crippen LogP contribution in [0.2, 0.25) is 0 Å². The number of thioether (sulfide) groups is 1. The van der Waals surface area contributed by atoms with Gasteiger partial charge in [0.15, 0.2) is 4.80 Å². The molecule has 3 aromatic rings. The first-order chi connectivity index (χ1) is 14.2. The summed E-state index contributed by atoms with van der Waals surface area (Å²) >= 11 is 2.74. The first kappa shape index (κ1) is 19.5. The van der Waals surface area contributed by atoms with Gasteiger partial charge in [-0.25, -0.2) is 0 Å². The third kappa shape index (κ3) is 4.14. The fraction of sp³-hybridized carbons (Fsp3) is 0.227. The Kier molecular flexibility index (Phi) is 5.84. The highest BCUT2D eigenvalue weighted by atomic mass is 32.2. The SMILES string of the molecule is C#CCn1c(=NC(=O)CSCC(=O)N2CCc3ccccc32)sc2ccccc21. The van der Waals surface area contributed by atoms with Gasteiger partial charge in [-0.2, -0.15) is 4.99 Å². The van der Waals surface area contributed by atoms with Crippen LogP contribution in [0.5, 0.6) is 0 Å². The fourth-order valence-corrected chi connectivity index (χ4v) is 5.11. The highest BCUT2D eigenvalue weighted by Gasteiger charge is 2.23. The van der Waals surface area contributed by atoms with Gasteiger partial charge in [0.2, 0.25) is 5.91 Å². The summed E-state index contributed by atoms with van der Waals surface area (Å²) < 4.78 is 2.90. The Labute approximate surface area is 177 Å². The number of hydrogen-bond acceptors (Lipinski definition) is 4. The van der Waals surface area contributed by atoms with Gasteiger partial charge < -0.3 is 9.47 Å². The number of amides is 2. The van der Waals surface area contributed by atoms with Crippen molar-refractivity contribution in [1.29, 1.82) is 0 Å². The Morgan fingerprint density at radius 3 is 2.79 bits per heavy atom. The van der Waals surface area contributed by atoms with Gasteiger partial charge in [0.25, 0.3) is 5.91 Å². The van der Waals surface area contributed by atoms with E-state index in [9.17, 15) is 9.59 Å². The molecule has 0 aliphatic carbocycles. The normalized spacial score (nSPS) is 13.5. The number of hydrogen-bond donors (Lipinski definition) is 0. The number of nitrogens with zero attached hydrogens (tertiary/aromatic N) is 3. The molecule has 0 unspecified atom stereocenters. The lowest BCUT2D eigenvalue weighted by molar-refractivity contribution is -0.116. The monoisotopic (exact) mass is 421 g/mol. The van der Waals surface area contributed by atoms with Crippen LogP contribution in [-0.4, -0.2) is 34.4 Å². The van der Waals surface area contributed by atoms with Crippen LogP contribution in [0.4, 0.5) is 5.69 Å². The van der Waals surface area contributed by atoms with Gasteiger partial charge in [-0.1, -0.05) is 47.6 Å². The Morgan fingerprint density at radius 2 is 1.93 bits per heavy atom. The van der Waals surface area contributed by atoms with Crippen molar-refractivity contribution in [3.8, 4) is 12.3 Å². The van der Waals surface area contributed by atoms with Crippen LogP contribution >= 0.6 is 23.1 Å². The molecule has 4 rings (SSSR count). The molecule has 0 atom stereocenters. The molecule has 2 aromatic carbocycles. The highest BCUT2D eigenvalue weighted by molar-refractivity contribution is 8.00. The molecule has 0 saturated heterocycles. The van der Waals surface area contributed by atoms with Gasteiger partial charge in [0.05, 0.1) is 28.3 Å². The zero-order valence-corrected chi connectivity index (χ0v) is 17.3. The van der Waals surface area contributed by atoms with Crippen LogP contribution in [-0.2, 0) is 22.6 Å². The van der Waals surface area contributed by atoms with Crippen LogP contribution in [0, 0.1) is 12.3 Å². The lowest BCUT2D eigenvalue weighted by atomic mass is 10.2. The summed E-state index contributed by atoms with van der Waals surface area (Å²) in [5.41, 5.74) is 3.15. The number of rotatable bonds is 5. The molecule has 29 heavy (non-hydrogen) atoms. The molecule has 1 aliphatic rings. The van der Waals surface area contributed by atoms with E-state index in [0.29, 0.717) is 17.9 Å². The second-order valence-electron chi connectivity index (χ2n) is 6.57. The molecule has 7 heteroatoms. The number of terminal acetylenes is 1. The van der Waals surface area contributed by atoms with E-state index in [4.69, 9.17) is 6.42 Å². The van der Waals surface area contributed by atoms with E-state index >= 15 is 0 Å². The van der Waals surface area contributed by atoms with Crippen LogP contribution < -0.4 is 9.70 Å². The molecule has 0 bridgehead atoms. The molecule has 2 heterocycles. The number of benzene rings is 2. The van der Waals surface area contributed by atoms with E-state index in [1.54, 1.807) is 4.90 Å². The molecule has 0 N–H and O–H groups in total. The Balaban J connectivity index is 1.41. The second kappa shape index (κ2) is 8.68.